The number of likely N-dealkylation sites (N-methyl/N-ethyl adjacent to an activating group) is 1. The van der Waals surface area contributed by atoms with Crippen molar-refractivity contribution in [1.29, 1.82) is 0 Å². The Morgan fingerprint density at radius 1 is 1.28 bits per heavy atom. The number of aliphatic imine (C=N–C) groups is 1. The topological polar surface area (TPSA) is 30.9 Å². The molecule has 0 atom stereocenters. The number of nitrogens with zero attached hydrogens (tertiary/aromatic N) is 3. The van der Waals surface area contributed by atoms with Crippen molar-refractivity contribution in [2.45, 2.75) is 26.1 Å². The quantitative estimate of drug-likeness (QED) is 0.408. The van der Waals surface area contributed by atoms with Crippen molar-refractivity contribution in [3.8, 4) is 0 Å². The molecule has 142 valence electrons. The second-order valence-electron chi connectivity index (χ2n) is 6.03. The molecule has 0 saturated heterocycles. The Bertz CT molecular complexity index is 563. The van der Waals surface area contributed by atoms with Crippen LogP contribution in [-0.2, 0) is 13.0 Å². The summed E-state index contributed by atoms with van der Waals surface area (Å²) in [6.45, 7) is 4.07. The number of nitrogens with one attached hydrogen (secondary N) is 1. The van der Waals surface area contributed by atoms with E-state index in [1.807, 2.05) is 19.1 Å². The molecule has 0 amide bonds. The van der Waals surface area contributed by atoms with Crippen LogP contribution >= 0.6 is 24.0 Å². The van der Waals surface area contributed by atoms with Gasteiger partial charge in [0.05, 0.1) is 13.1 Å². The number of guanidine groups is 1. The van der Waals surface area contributed by atoms with Crippen molar-refractivity contribution in [1.82, 2.24) is 15.1 Å². The maximum atomic E-state index is 12.3. The van der Waals surface area contributed by atoms with Crippen molar-refractivity contribution < 1.29 is 13.2 Å². The van der Waals surface area contributed by atoms with Crippen molar-refractivity contribution in [3.63, 3.8) is 0 Å². The van der Waals surface area contributed by atoms with Crippen molar-refractivity contribution >= 4 is 29.9 Å². The van der Waals surface area contributed by atoms with E-state index in [1.54, 1.807) is 0 Å². The Balaban J connectivity index is 0.00000312. The Labute approximate surface area is 164 Å². The fraction of sp³-hybridized carbons (Fsp3) is 0.588. The van der Waals surface area contributed by atoms with Crippen LogP contribution in [0.25, 0.3) is 0 Å². The number of hydrogen-bond donors (Lipinski definition) is 1. The number of benzene rings is 1. The highest BCUT2D eigenvalue weighted by Gasteiger charge is 2.28. The predicted molar refractivity (Wildman–Crippen MR) is 106 cm³/mol. The second-order valence-corrected chi connectivity index (χ2v) is 6.03. The van der Waals surface area contributed by atoms with Crippen LogP contribution in [-0.4, -0.2) is 61.7 Å². The van der Waals surface area contributed by atoms with E-state index in [9.17, 15) is 13.2 Å². The van der Waals surface area contributed by atoms with Gasteiger partial charge in [0.15, 0.2) is 5.96 Å². The molecule has 0 bridgehead atoms. The molecule has 0 spiro atoms. The molecule has 0 saturated carbocycles. The lowest BCUT2D eigenvalue weighted by molar-refractivity contribution is -0.142. The average Bonchev–Trinajstić information content (AvgIpc) is 2.52. The SMILES string of the molecule is CCNC(=NCCN(C)CC(F)(F)F)N1CCc2ccccc2C1.I. The first-order chi connectivity index (χ1) is 11.4. The molecule has 0 radical (unpaired) electrons. The summed E-state index contributed by atoms with van der Waals surface area (Å²) in [5, 5.41) is 3.24. The molecule has 0 aliphatic carbocycles. The minimum atomic E-state index is -4.17. The van der Waals surface area contributed by atoms with Crippen molar-refractivity contribution in [2.24, 2.45) is 4.99 Å². The van der Waals surface area contributed by atoms with Gasteiger partial charge in [-0.2, -0.15) is 13.2 Å². The molecule has 1 heterocycles. The lowest BCUT2D eigenvalue weighted by Gasteiger charge is -2.31. The molecule has 4 nitrogen and oxygen atoms in total. The summed E-state index contributed by atoms with van der Waals surface area (Å²) in [6, 6.07) is 8.33. The van der Waals surface area contributed by atoms with E-state index in [0.717, 1.165) is 32.0 Å². The fourth-order valence-electron chi connectivity index (χ4n) is 2.81. The van der Waals surface area contributed by atoms with E-state index in [4.69, 9.17) is 0 Å². The van der Waals surface area contributed by atoms with E-state index < -0.39 is 12.7 Å². The number of rotatable bonds is 5. The third kappa shape index (κ3) is 7.39. The van der Waals surface area contributed by atoms with E-state index in [2.05, 4.69) is 27.3 Å². The van der Waals surface area contributed by atoms with Gasteiger partial charge in [0.1, 0.15) is 0 Å². The molecule has 2 rings (SSSR count). The molecular weight excluding hydrogens is 444 g/mol. The highest BCUT2D eigenvalue weighted by Crippen LogP contribution is 2.18. The first-order valence-corrected chi connectivity index (χ1v) is 8.24. The van der Waals surface area contributed by atoms with Gasteiger partial charge in [0.25, 0.3) is 0 Å². The van der Waals surface area contributed by atoms with Gasteiger partial charge in [-0.1, -0.05) is 24.3 Å². The van der Waals surface area contributed by atoms with Gasteiger partial charge >= 0.3 is 6.18 Å². The Morgan fingerprint density at radius 2 is 1.96 bits per heavy atom. The third-order valence-corrected chi connectivity index (χ3v) is 3.96. The van der Waals surface area contributed by atoms with Crippen LogP contribution in [0.3, 0.4) is 0 Å². The van der Waals surface area contributed by atoms with E-state index in [-0.39, 0.29) is 30.5 Å². The maximum absolute atomic E-state index is 12.3. The van der Waals surface area contributed by atoms with Gasteiger partial charge in [-0.15, -0.1) is 24.0 Å². The standard InChI is InChI=1S/C17H25F3N4.HI/c1-3-21-16(22-9-11-23(2)13-17(18,19)20)24-10-8-14-6-4-5-7-15(14)12-24;/h4-7H,3,8-13H2,1-2H3,(H,21,22);1H. The first kappa shape index (κ1) is 22.0. The lowest BCUT2D eigenvalue weighted by atomic mass is 10.0. The van der Waals surface area contributed by atoms with Crippen LogP contribution in [0.4, 0.5) is 13.2 Å². The molecule has 1 N–H and O–H groups in total. The average molecular weight is 470 g/mol. The molecule has 0 fully saturated rings. The summed E-state index contributed by atoms with van der Waals surface area (Å²) in [5.41, 5.74) is 2.64. The van der Waals surface area contributed by atoms with Crippen LogP contribution in [0.5, 0.6) is 0 Å². The molecular formula is C17H26F3IN4. The molecule has 0 unspecified atom stereocenters. The number of fused-ring (bicyclic) bond motifs is 1. The van der Waals surface area contributed by atoms with Crippen LogP contribution in [0.15, 0.2) is 29.3 Å². The van der Waals surface area contributed by atoms with Crippen molar-refractivity contribution in [3.05, 3.63) is 35.4 Å². The Kier molecular flexibility index (Phi) is 8.98. The third-order valence-electron chi connectivity index (χ3n) is 3.96. The van der Waals surface area contributed by atoms with E-state index in [1.165, 1.54) is 23.1 Å². The zero-order valence-electron chi connectivity index (χ0n) is 14.6. The van der Waals surface area contributed by atoms with Gasteiger partial charge < -0.3 is 10.2 Å². The second kappa shape index (κ2) is 10.2. The van der Waals surface area contributed by atoms with Crippen LogP contribution in [0.1, 0.15) is 18.1 Å². The van der Waals surface area contributed by atoms with Crippen LogP contribution in [0, 0.1) is 0 Å². The van der Waals surface area contributed by atoms with Crippen molar-refractivity contribution in [2.75, 3.05) is 39.8 Å². The normalized spacial score (nSPS) is 15.0. The van der Waals surface area contributed by atoms with Crippen LogP contribution in [0.2, 0.25) is 0 Å². The monoisotopic (exact) mass is 470 g/mol. The van der Waals surface area contributed by atoms with E-state index in [0.29, 0.717) is 6.54 Å². The number of halogens is 4. The molecule has 1 aromatic carbocycles. The van der Waals surface area contributed by atoms with Gasteiger partial charge in [-0.3, -0.25) is 9.89 Å². The van der Waals surface area contributed by atoms with Gasteiger partial charge in [-0.25, -0.2) is 0 Å². The predicted octanol–water partition coefficient (Wildman–Crippen LogP) is 3.12. The molecule has 1 aliphatic rings. The molecule has 1 aromatic rings. The van der Waals surface area contributed by atoms with Gasteiger partial charge in [0, 0.05) is 26.2 Å². The maximum Gasteiger partial charge on any atom is 0.401 e. The number of alkyl halides is 3. The van der Waals surface area contributed by atoms with Gasteiger partial charge in [0.2, 0.25) is 0 Å². The zero-order valence-corrected chi connectivity index (χ0v) is 17.0. The van der Waals surface area contributed by atoms with Crippen LogP contribution < -0.4 is 5.32 Å². The van der Waals surface area contributed by atoms with Gasteiger partial charge in [-0.05, 0) is 31.5 Å². The molecule has 25 heavy (non-hydrogen) atoms. The summed E-state index contributed by atoms with van der Waals surface area (Å²) < 4.78 is 37.0. The first-order valence-electron chi connectivity index (χ1n) is 8.24. The zero-order chi connectivity index (χ0) is 17.6. The largest absolute Gasteiger partial charge is 0.401 e. The summed E-state index contributed by atoms with van der Waals surface area (Å²) in [4.78, 5) is 7.91. The fourth-order valence-corrected chi connectivity index (χ4v) is 2.81. The smallest absolute Gasteiger partial charge is 0.357 e. The molecule has 8 heteroatoms. The summed E-state index contributed by atoms with van der Waals surface area (Å²) in [6.07, 6.45) is -3.21. The minimum absolute atomic E-state index is 0. The summed E-state index contributed by atoms with van der Waals surface area (Å²) in [7, 11) is 1.47. The molecule has 1 aliphatic heterocycles. The Morgan fingerprint density at radius 3 is 2.60 bits per heavy atom. The minimum Gasteiger partial charge on any atom is -0.357 e. The highest BCUT2D eigenvalue weighted by molar-refractivity contribution is 14.0. The highest BCUT2D eigenvalue weighted by atomic mass is 127. The Hall–Kier alpha value is -1.03. The van der Waals surface area contributed by atoms with E-state index >= 15 is 0 Å². The lowest BCUT2D eigenvalue weighted by Crippen LogP contribution is -2.44. The summed E-state index contributed by atoms with van der Waals surface area (Å²) >= 11 is 0. The summed E-state index contributed by atoms with van der Waals surface area (Å²) in [5.74, 6) is 0.771. The number of hydrogen-bond acceptors (Lipinski definition) is 2. The molecule has 0 aromatic heterocycles.